The first-order valence-electron chi connectivity index (χ1n) is 6.17. The molecular weight excluding hydrogens is 298 g/mol. The minimum atomic E-state index is -0.275. The van der Waals surface area contributed by atoms with Crippen LogP contribution in [-0.2, 0) is 6.54 Å². The SMILES string of the molecule is CCCC(O)CNCc1cc2c(cc1Br)OCO2. The molecular formula is C13H18BrNO3. The molecule has 0 amide bonds. The Balaban J connectivity index is 1.90. The Kier molecular flexibility index (Phi) is 4.86. The summed E-state index contributed by atoms with van der Waals surface area (Å²) in [5, 5.41) is 12.9. The minimum Gasteiger partial charge on any atom is -0.454 e. The average molecular weight is 316 g/mol. The Morgan fingerprint density at radius 3 is 2.83 bits per heavy atom. The standard InChI is InChI=1S/C13H18BrNO3/c1-2-3-10(16)7-15-6-9-4-12-13(5-11(9)14)18-8-17-12/h4-5,10,15-16H,2-3,6-8H2,1H3. The summed E-state index contributed by atoms with van der Waals surface area (Å²) in [6.07, 6.45) is 1.55. The van der Waals surface area contributed by atoms with Gasteiger partial charge in [-0.1, -0.05) is 29.3 Å². The van der Waals surface area contributed by atoms with Crippen molar-refractivity contribution in [3.63, 3.8) is 0 Å². The van der Waals surface area contributed by atoms with Gasteiger partial charge in [-0.25, -0.2) is 0 Å². The molecule has 1 aromatic rings. The first-order chi connectivity index (χ1) is 8.70. The highest BCUT2D eigenvalue weighted by atomic mass is 79.9. The van der Waals surface area contributed by atoms with E-state index in [2.05, 4.69) is 28.2 Å². The second-order valence-corrected chi connectivity index (χ2v) is 5.22. The van der Waals surface area contributed by atoms with E-state index in [4.69, 9.17) is 9.47 Å². The number of aliphatic hydroxyl groups is 1. The number of benzene rings is 1. The van der Waals surface area contributed by atoms with E-state index in [1.165, 1.54) is 0 Å². The Bertz CT molecular complexity index is 411. The van der Waals surface area contributed by atoms with Crippen LogP contribution in [0.3, 0.4) is 0 Å². The molecule has 0 aliphatic carbocycles. The summed E-state index contributed by atoms with van der Waals surface area (Å²) < 4.78 is 11.6. The zero-order valence-corrected chi connectivity index (χ0v) is 12.0. The minimum absolute atomic E-state index is 0.275. The van der Waals surface area contributed by atoms with Crippen LogP contribution in [0.1, 0.15) is 25.3 Å². The molecule has 1 heterocycles. The van der Waals surface area contributed by atoms with Gasteiger partial charge >= 0.3 is 0 Å². The summed E-state index contributed by atoms with van der Waals surface area (Å²) in [5.74, 6) is 1.56. The normalized spacial score (nSPS) is 14.8. The largest absolute Gasteiger partial charge is 0.454 e. The third-order valence-corrected chi connectivity index (χ3v) is 3.60. The molecule has 0 bridgehead atoms. The van der Waals surface area contributed by atoms with E-state index >= 15 is 0 Å². The lowest BCUT2D eigenvalue weighted by Crippen LogP contribution is -2.26. The molecule has 1 aliphatic heterocycles. The summed E-state index contributed by atoms with van der Waals surface area (Å²) in [7, 11) is 0. The van der Waals surface area contributed by atoms with Gasteiger partial charge in [-0.15, -0.1) is 0 Å². The van der Waals surface area contributed by atoms with Crippen LogP contribution in [0, 0.1) is 0 Å². The first-order valence-corrected chi connectivity index (χ1v) is 6.96. The van der Waals surface area contributed by atoms with E-state index < -0.39 is 0 Å². The van der Waals surface area contributed by atoms with Crippen LogP contribution in [0.15, 0.2) is 16.6 Å². The summed E-state index contributed by atoms with van der Waals surface area (Å²) in [6, 6.07) is 3.88. The Morgan fingerprint density at radius 2 is 2.11 bits per heavy atom. The summed E-state index contributed by atoms with van der Waals surface area (Å²) >= 11 is 3.51. The highest BCUT2D eigenvalue weighted by molar-refractivity contribution is 9.10. The number of fused-ring (bicyclic) bond motifs is 1. The lowest BCUT2D eigenvalue weighted by atomic mass is 10.2. The van der Waals surface area contributed by atoms with Gasteiger partial charge in [0.15, 0.2) is 11.5 Å². The van der Waals surface area contributed by atoms with Gasteiger partial charge in [-0.2, -0.15) is 0 Å². The highest BCUT2D eigenvalue weighted by Gasteiger charge is 2.16. The van der Waals surface area contributed by atoms with Crippen molar-refractivity contribution in [2.24, 2.45) is 0 Å². The third-order valence-electron chi connectivity index (χ3n) is 2.86. The summed E-state index contributed by atoms with van der Waals surface area (Å²) in [6.45, 7) is 3.65. The summed E-state index contributed by atoms with van der Waals surface area (Å²) in [4.78, 5) is 0. The van der Waals surface area contributed by atoms with Crippen LogP contribution in [0.5, 0.6) is 11.5 Å². The highest BCUT2D eigenvalue weighted by Crippen LogP contribution is 2.36. The quantitative estimate of drug-likeness (QED) is 0.846. The number of halogens is 1. The van der Waals surface area contributed by atoms with Crippen molar-refractivity contribution in [2.45, 2.75) is 32.4 Å². The van der Waals surface area contributed by atoms with E-state index in [1.54, 1.807) is 0 Å². The molecule has 5 heteroatoms. The van der Waals surface area contributed by atoms with Crippen molar-refractivity contribution >= 4 is 15.9 Å². The molecule has 100 valence electrons. The summed E-state index contributed by atoms with van der Waals surface area (Å²) in [5.41, 5.74) is 1.10. The fourth-order valence-electron chi connectivity index (χ4n) is 1.90. The van der Waals surface area contributed by atoms with Gasteiger partial charge in [-0.05, 0) is 24.1 Å². The molecule has 0 saturated carbocycles. The number of rotatable bonds is 6. The fourth-order valence-corrected chi connectivity index (χ4v) is 2.37. The van der Waals surface area contributed by atoms with Gasteiger partial charge in [0.25, 0.3) is 0 Å². The second-order valence-electron chi connectivity index (χ2n) is 4.37. The van der Waals surface area contributed by atoms with Crippen LogP contribution in [0.2, 0.25) is 0 Å². The third kappa shape index (κ3) is 3.37. The predicted molar refractivity (Wildman–Crippen MR) is 72.9 cm³/mol. The van der Waals surface area contributed by atoms with Gasteiger partial charge in [0.05, 0.1) is 6.10 Å². The van der Waals surface area contributed by atoms with Gasteiger partial charge < -0.3 is 19.9 Å². The second kappa shape index (κ2) is 6.41. The van der Waals surface area contributed by atoms with Gasteiger partial charge in [-0.3, -0.25) is 0 Å². The molecule has 0 spiro atoms. The van der Waals surface area contributed by atoms with Crippen molar-refractivity contribution in [2.75, 3.05) is 13.3 Å². The maximum atomic E-state index is 9.63. The smallest absolute Gasteiger partial charge is 0.231 e. The van der Waals surface area contributed by atoms with E-state index in [-0.39, 0.29) is 12.9 Å². The van der Waals surface area contributed by atoms with Crippen molar-refractivity contribution in [1.29, 1.82) is 0 Å². The average Bonchev–Trinajstić information content (AvgIpc) is 2.76. The maximum Gasteiger partial charge on any atom is 0.231 e. The Labute approximate surface area is 115 Å². The number of ether oxygens (including phenoxy) is 2. The zero-order chi connectivity index (χ0) is 13.0. The van der Waals surface area contributed by atoms with Crippen molar-refractivity contribution in [3.05, 3.63) is 22.2 Å². The molecule has 0 fully saturated rings. The first kappa shape index (κ1) is 13.6. The van der Waals surface area contributed by atoms with Crippen LogP contribution in [-0.4, -0.2) is 24.5 Å². The lowest BCUT2D eigenvalue weighted by Gasteiger charge is -2.12. The molecule has 1 atom stereocenters. The van der Waals surface area contributed by atoms with Gasteiger partial charge in [0.1, 0.15) is 0 Å². The maximum absolute atomic E-state index is 9.63. The van der Waals surface area contributed by atoms with E-state index in [1.807, 2.05) is 12.1 Å². The number of hydrogen-bond donors (Lipinski definition) is 2. The number of aliphatic hydroxyl groups excluding tert-OH is 1. The molecule has 1 unspecified atom stereocenters. The number of nitrogens with one attached hydrogen (secondary N) is 1. The molecule has 4 nitrogen and oxygen atoms in total. The molecule has 1 aromatic carbocycles. The van der Waals surface area contributed by atoms with E-state index in [0.29, 0.717) is 13.1 Å². The molecule has 0 aromatic heterocycles. The van der Waals surface area contributed by atoms with Gasteiger partial charge in [0.2, 0.25) is 6.79 Å². The van der Waals surface area contributed by atoms with E-state index in [9.17, 15) is 5.11 Å². The van der Waals surface area contributed by atoms with Crippen LogP contribution in [0.4, 0.5) is 0 Å². The monoisotopic (exact) mass is 315 g/mol. The van der Waals surface area contributed by atoms with Crippen molar-refractivity contribution in [1.82, 2.24) is 5.32 Å². The molecule has 1 aliphatic rings. The van der Waals surface area contributed by atoms with Crippen LogP contribution >= 0.6 is 15.9 Å². The fraction of sp³-hybridized carbons (Fsp3) is 0.538. The van der Waals surface area contributed by atoms with Crippen LogP contribution < -0.4 is 14.8 Å². The topological polar surface area (TPSA) is 50.7 Å². The molecule has 2 rings (SSSR count). The lowest BCUT2D eigenvalue weighted by molar-refractivity contribution is 0.160. The van der Waals surface area contributed by atoms with Crippen molar-refractivity contribution in [3.8, 4) is 11.5 Å². The molecule has 2 N–H and O–H groups in total. The number of hydrogen-bond acceptors (Lipinski definition) is 4. The molecule has 18 heavy (non-hydrogen) atoms. The molecule has 0 saturated heterocycles. The van der Waals surface area contributed by atoms with E-state index in [0.717, 1.165) is 34.4 Å². The Hall–Kier alpha value is -0.780. The Morgan fingerprint density at radius 1 is 1.39 bits per heavy atom. The predicted octanol–water partition coefficient (Wildman–Crippen LogP) is 2.43. The zero-order valence-electron chi connectivity index (χ0n) is 10.4. The molecule has 0 radical (unpaired) electrons. The van der Waals surface area contributed by atoms with Crippen LogP contribution in [0.25, 0.3) is 0 Å². The van der Waals surface area contributed by atoms with Crippen molar-refractivity contribution < 1.29 is 14.6 Å². The van der Waals surface area contributed by atoms with Gasteiger partial charge in [0, 0.05) is 17.6 Å².